The van der Waals surface area contributed by atoms with Crippen molar-refractivity contribution in [3.8, 4) is 0 Å². The number of nitrogens with zero attached hydrogens (tertiary/aromatic N) is 3. The highest BCUT2D eigenvalue weighted by molar-refractivity contribution is 5.90. The van der Waals surface area contributed by atoms with Crippen molar-refractivity contribution in [2.24, 2.45) is 5.92 Å². The summed E-state index contributed by atoms with van der Waals surface area (Å²) in [5, 5.41) is 6.93. The van der Waals surface area contributed by atoms with Crippen molar-refractivity contribution in [2.75, 3.05) is 13.6 Å². The van der Waals surface area contributed by atoms with Crippen LogP contribution in [0.5, 0.6) is 0 Å². The van der Waals surface area contributed by atoms with Gasteiger partial charge in [0.2, 0.25) is 5.82 Å². The van der Waals surface area contributed by atoms with Gasteiger partial charge in [0.05, 0.1) is 0 Å². The maximum atomic E-state index is 12.2. The lowest BCUT2D eigenvalue weighted by atomic mass is 10.1. The van der Waals surface area contributed by atoms with E-state index in [4.69, 9.17) is 0 Å². The molecule has 3 rings (SSSR count). The van der Waals surface area contributed by atoms with E-state index < -0.39 is 0 Å². The van der Waals surface area contributed by atoms with E-state index in [1.165, 1.54) is 38.5 Å². The minimum absolute atomic E-state index is 0.0509. The van der Waals surface area contributed by atoms with Gasteiger partial charge in [0.25, 0.3) is 5.91 Å². The van der Waals surface area contributed by atoms with Gasteiger partial charge < -0.3 is 4.90 Å². The SMILES string of the molecule is CN(CC1CCCC1)C(=O)c1n[nH]c(C2CC2)n1. The predicted molar refractivity (Wildman–Crippen MR) is 67.3 cm³/mol. The van der Waals surface area contributed by atoms with Crippen LogP contribution < -0.4 is 0 Å². The van der Waals surface area contributed by atoms with Gasteiger partial charge in [0.15, 0.2) is 0 Å². The lowest BCUT2D eigenvalue weighted by Gasteiger charge is -2.19. The summed E-state index contributed by atoms with van der Waals surface area (Å²) in [7, 11) is 1.85. The number of hydrogen-bond donors (Lipinski definition) is 1. The van der Waals surface area contributed by atoms with Crippen LogP contribution in [-0.4, -0.2) is 39.6 Å². The molecule has 2 saturated carbocycles. The maximum Gasteiger partial charge on any atom is 0.293 e. The smallest absolute Gasteiger partial charge is 0.293 e. The van der Waals surface area contributed by atoms with Gasteiger partial charge in [-0.05, 0) is 31.6 Å². The van der Waals surface area contributed by atoms with Gasteiger partial charge in [0, 0.05) is 19.5 Å². The number of amides is 1. The largest absolute Gasteiger partial charge is 0.339 e. The van der Waals surface area contributed by atoms with E-state index in [1.54, 1.807) is 4.90 Å². The number of aromatic amines is 1. The highest BCUT2D eigenvalue weighted by atomic mass is 16.2. The van der Waals surface area contributed by atoms with E-state index in [0.29, 0.717) is 17.7 Å². The number of nitrogens with one attached hydrogen (secondary N) is 1. The average Bonchev–Trinajstić information content (AvgIpc) is 2.91. The second-order valence-electron chi connectivity index (χ2n) is 5.65. The van der Waals surface area contributed by atoms with E-state index in [2.05, 4.69) is 15.2 Å². The first-order chi connectivity index (χ1) is 8.74. The zero-order valence-electron chi connectivity index (χ0n) is 10.9. The van der Waals surface area contributed by atoms with Gasteiger partial charge in [-0.1, -0.05) is 12.8 Å². The van der Waals surface area contributed by atoms with Crippen LogP contribution in [0.4, 0.5) is 0 Å². The van der Waals surface area contributed by atoms with Crippen LogP contribution >= 0.6 is 0 Å². The minimum atomic E-state index is -0.0509. The second kappa shape index (κ2) is 4.71. The number of rotatable bonds is 4. The molecule has 18 heavy (non-hydrogen) atoms. The molecule has 0 bridgehead atoms. The molecule has 2 aliphatic rings. The monoisotopic (exact) mass is 248 g/mol. The van der Waals surface area contributed by atoms with Crippen molar-refractivity contribution in [3.05, 3.63) is 11.6 Å². The number of carbonyl (C=O) groups is 1. The van der Waals surface area contributed by atoms with Gasteiger partial charge in [0.1, 0.15) is 5.82 Å². The van der Waals surface area contributed by atoms with Gasteiger partial charge >= 0.3 is 0 Å². The summed E-state index contributed by atoms with van der Waals surface area (Å²) in [4.78, 5) is 18.3. The summed E-state index contributed by atoms with van der Waals surface area (Å²) in [5.41, 5.74) is 0. The van der Waals surface area contributed by atoms with Crippen molar-refractivity contribution in [1.29, 1.82) is 0 Å². The summed E-state index contributed by atoms with van der Waals surface area (Å²) in [6.45, 7) is 0.839. The summed E-state index contributed by atoms with van der Waals surface area (Å²) in [5.74, 6) is 2.34. The summed E-state index contributed by atoms with van der Waals surface area (Å²) in [6.07, 6.45) is 7.44. The molecular weight excluding hydrogens is 228 g/mol. The Morgan fingerprint density at radius 1 is 1.33 bits per heavy atom. The molecule has 98 valence electrons. The Morgan fingerprint density at radius 2 is 2.06 bits per heavy atom. The third kappa shape index (κ3) is 2.40. The van der Waals surface area contributed by atoms with Crippen LogP contribution in [0.15, 0.2) is 0 Å². The molecule has 2 fully saturated rings. The molecule has 5 nitrogen and oxygen atoms in total. The summed E-state index contributed by atoms with van der Waals surface area (Å²) >= 11 is 0. The lowest BCUT2D eigenvalue weighted by Crippen LogP contribution is -2.31. The van der Waals surface area contributed by atoms with Gasteiger partial charge in [-0.2, -0.15) is 0 Å². The first-order valence-electron chi connectivity index (χ1n) is 6.92. The topological polar surface area (TPSA) is 61.9 Å². The Morgan fingerprint density at radius 3 is 2.72 bits per heavy atom. The van der Waals surface area contributed by atoms with E-state index in [0.717, 1.165) is 12.4 Å². The zero-order chi connectivity index (χ0) is 12.5. The molecule has 1 aromatic heterocycles. The average molecular weight is 248 g/mol. The zero-order valence-corrected chi connectivity index (χ0v) is 10.9. The number of hydrogen-bond acceptors (Lipinski definition) is 3. The van der Waals surface area contributed by atoms with Crippen LogP contribution in [0.2, 0.25) is 0 Å². The maximum absolute atomic E-state index is 12.2. The van der Waals surface area contributed by atoms with Crippen molar-refractivity contribution in [2.45, 2.75) is 44.4 Å². The molecule has 1 aromatic rings. The van der Waals surface area contributed by atoms with Gasteiger partial charge in [-0.25, -0.2) is 4.98 Å². The molecule has 5 heteroatoms. The molecule has 0 aromatic carbocycles. The quantitative estimate of drug-likeness (QED) is 0.885. The lowest BCUT2D eigenvalue weighted by molar-refractivity contribution is 0.0761. The van der Waals surface area contributed by atoms with E-state index in [9.17, 15) is 4.79 Å². The Kier molecular flexibility index (Phi) is 3.06. The molecule has 0 unspecified atom stereocenters. The van der Waals surface area contributed by atoms with Gasteiger partial charge in [-0.3, -0.25) is 9.89 Å². The summed E-state index contributed by atoms with van der Waals surface area (Å²) < 4.78 is 0. The summed E-state index contributed by atoms with van der Waals surface area (Å²) in [6, 6.07) is 0. The molecule has 1 amide bonds. The van der Waals surface area contributed by atoms with Crippen LogP contribution in [0.1, 0.15) is 60.9 Å². The van der Waals surface area contributed by atoms with Gasteiger partial charge in [-0.15, -0.1) is 5.10 Å². The molecule has 1 N–H and O–H groups in total. The number of H-pyrrole nitrogens is 1. The molecule has 0 spiro atoms. The van der Waals surface area contributed by atoms with Crippen molar-refractivity contribution in [1.82, 2.24) is 20.1 Å². The molecule has 1 heterocycles. The molecular formula is C13H20N4O. The Hall–Kier alpha value is -1.39. The standard InChI is InChI=1S/C13H20N4O/c1-17(8-9-4-2-3-5-9)13(18)12-14-11(15-16-12)10-6-7-10/h9-10H,2-8H2,1H3,(H,14,15,16). The van der Waals surface area contributed by atoms with Crippen LogP contribution in [0, 0.1) is 5.92 Å². The third-order valence-corrected chi connectivity index (χ3v) is 4.01. The Bertz CT molecular complexity index is 432. The molecule has 2 aliphatic carbocycles. The van der Waals surface area contributed by atoms with E-state index in [1.807, 2.05) is 7.05 Å². The van der Waals surface area contributed by atoms with Crippen molar-refractivity contribution < 1.29 is 4.79 Å². The fourth-order valence-electron chi connectivity index (χ4n) is 2.74. The first-order valence-corrected chi connectivity index (χ1v) is 6.92. The van der Waals surface area contributed by atoms with Crippen molar-refractivity contribution in [3.63, 3.8) is 0 Å². The fraction of sp³-hybridized carbons (Fsp3) is 0.769. The van der Waals surface area contributed by atoms with Crippen LogP contribution in [-0.2, 0) is 0 Å². The normalized spacial score (nSPS) is 20.3. The first kappa shape index (κ1) is 11.7. The van der Waals surface area contributed by atoms with Crippen LogP contribution in [0.25, 0.3) is 0 Å². The molecule has 0 aliphatic heterocycles. The van der Waals surface area contributed by atoms with E-state index >= 15 is 0 Å². The van der Waals surface area contributed by atoms with E-state index in [-0.39, 0.29) is 5.91 Å². The molecule has 0 radical (unpaired) electrons. The number of carbonyl (C=O) groups excluding carboxylic acids is 1. The highest BCUT2D eigenvalue weighted by Gasteiger charge is 2.29. The molecule has 0 saturated heterocycles. The van der Waals surface area contributed by atoms with Crippen LogP contribution in [0.3, 0.4) is 0 Å². The molecule has 0 atom stereocenters. The van der Waals surface area contributed by atoms with Crippen molar-refractivity contribution >= 4 is 5.91 Å². The number of aromatic nitrogens is 3. The minimum Gasteiger partial charge on any atom is -0.339 e. The Labute approximate surface area is 107 Å². The second-order valence-corrected chi connectivity index (χ2v) is 5.65. The Balaban J connectivity index is 1.60. The predicted octanol–water partition coefficient (Wildman–Crippen LogP) is 1.94. The third-order valence-electron chi connectivity index (χ3n) is 4.01. The highest BCUT2D eigenvalue weighted by Crippen LogP contribution is 2.37. The fourth-order valence-corrected chi connectivity index (χ4v) is 2.74.